The lowest BCUT2D eigenvalue weighted by molar-refractivity contribution is 0.216. The van der Waals surface area contributed by atoms with E-state index in [1.165, 1.54) is 16.7 Å². The summed E-state index contributed by atoms with van der Waals surface area (Å²) in [5.74, 6) is 0.376. The Hall–Kier alpha value is -1.60. The second-order valence-electron chi connectivity index (χ2n) is 5.62. The van der Waals surface area contributed by atoms with Crippen molar-refractivity contribution in [2.75, 3.05) is 6.61 Å². The molecule has 0 fully saturated rings. The average molecular weight is 268 g/mol. The first-order chi connectivity index (χ1) is 9.78. The minimum Gasteiger partial charge on any atom is -0.396 e. The zero-order chi connectivity index (χ0) is 14.2. The molecule has 0 aromatic heterocycles. The maximum Gasteiger partial charge on any atom is 0.0462 e. The van der Waals surface area contributed by atoms with Crippen molar-refractivity contribution in [1.82, 2.24) is 0 Å². The lowest BCUT2D eigenvalue weighted by Crippen LogP contribution is -2.10. The number of aryl methyl sites for hydroxylation is 2. The van der Waals surface area contributed by atoms with Crippen molar-refractivity contribution in [3.8, 4) is 0 Å². The zero-order valence-corrected chi connectivity index (χ0v) is 12.3. The first-order valence-corrected chi connectivity index (χ1v) is 7.48. The highest BCUT2D eigenvalue weighted by molar-refractivity contribution is 5.21. The Kier molecular flexibility index (Phi) is 5.82. The summed E-state index contributed by atoms with van der Waals surface area (Å²) in [5, 5.41) is 9.54. The summed E-state index contributed by atoms with van der Waals surface area (Å²) in [6.45, 7) is 2.38. The van der Waals surface area contributed by atoms with Gasteiger partial charge in [-0.05, 0) is 49.7 Å². The van der Waals surface area contributed by atoms with Gasteiger partial charge < -0.3 is 5.11 Å². The Morgan fingerprint density at radius 3 is 2.25 bits per heavy atom. The molecule has 1 atom stereocenters. The second kappa shape index (κ2) is 7.86. The van der Waals surface area contributed by atoms with E-state index in [-0.39, 0.29) is 6.61 Å². The molecule has 1 heteroatoms. The van der Waals surface area contributed by atoms with Gasteiger partial charge in [0.25, 0.3) is 0 Å². The zero-order valence-electron chi connectivity index (χ0n) is 12.3. The van der Waals surface area contributed by atoms with Crippen LogP contribution in [0.1, 0.15) is 29.5 Å². The van der Waals surface area contributed by atoms with Gasteiger partial charge in [-0.2, -0.15) is 0 Å². The molecule has 2 rings (SSSR count). The van der Waals surface area contributed by atoms with Crippen LogP contribution in [-0.2, 0) is 12.8 Å². The van der Waals surface area contributed by atoms with E-state index in [1.54, 1.807) is 0 Å². The summed E-state index contributed by atoms with van der Waals surface area (Å²) >= 11 is 0. The predicted molar refractivity (Wildman–Crippen MR) is 84.8 cm³/mol. The van der Waals surface area contributed by atoms with E-state index in [0.717, 1.165) is 25.7 Å². The van der Waals surface area contributed by atoms with E-state index >= 15 is 0 Å². The summed E-state index contributed by atoms with van der Waals surface area (Å²) in [5.41, 5.74) is 4.01. The quantitative estimate of drug-likeness (QED) is 0.799. The molecule has 106 valence electrons. The third kappa shape index (κ3) is 4.82. The number of hydrogen-bond acceptors (Lipinski definition) is 1. The Balaban J connectivity index is 1.79. The summed E-state index contributed by atoms with van der Waals surface area (Å²) in [7, 11) is 0. The lowest BCUT2D eigenvalue weighted by atomic mass is 9.93. The molecule has 0 aliphatic carbocycles. The fourth-order valence-corrected chi connectivity index (χ4v) is 2.55. The van der Waals surface area contributed by atoms with E-state index in [1.807, 2.05) is 0 Å². The summed E-state index contributed by atoms with van der Waals surface area (Å²) in [6.07, 6.45) is 4.30. The molecule has 2 aromatic rings. The van der Waals surface area contributed by atoms with Gasteiger partial charge in [0.1, 0.15) is 0 Å². The maximum absolute atomic E-state index is 9.54. The van der Waals surface area contributed by atoms with E-state index in [4.69, 9.17) is 0 Å². The van der Waals surface area contributed by atoms with Gasteiger partial charge in [0.15, 0.2) is 0 Å². The maximum atomic E-state index is 9.54. The van der Waals surface area contributed by atoms with Crippen molar-refractivity contribution in [3.63, 3.8) is 0 Å². The number of hydrogen-bond donors (Lipinski definition) is 1. The highest BCUT2D eigenvalue weighted by Gasteiger charge is 2.08. The van der Waals surface area contributed by atoms with E-state index in [2.05, 4.69) is 61.5 Å². The molecule has 0 aliphatic heterocycles. The van der Waals surface area contributed by atoms with E-state index in [0.29, 0.717) is 5.92 Å². The number of rotatable bonds is 7. The van der Waals surface area contributed by atoms with Crippen molar-refractivity contribution in [2.24, 2.45) is 5.92 Å². The SMILES string of the molecule is Cc1ccc(CC(CO)CCCc2ccccc2)cc1. The lowest BCUT2D eigenvalue weighted by Gasteiger charge is -2.14. The Morgan fingerprint density at radius 1 is 0.900 bits per heavy atom. The molecule has 0 saturated heterocycles. The predicted octanol–water partition coefficient (Wildman–Crippen LogP) is 4.17. The van der Waals surface area contributed by atoms with Crippen LogP contribution in [0.5, 0.6) is 0 Å². The van der Waals surface area contributed by atoms with Gasteiger partial charge in [-0.25, -0.2) is 0 Å². The molecule has 20 heavy (non-hydrogen) atoms. The van der Waals surface area contributed by atoms with Crippen LogP contribution in [0.2, 0.25) is 0 Å². The molecular formula is C19H24O. The fourth-order valence-electron chi connectivity index (χ4n) is 2.55. The monoisotopic (exact) mass is 268 g/mol. The highest BCUT2D eigenvalue weighted by atomic mass is 16.3. The van der Waals surface area contributed by atoms with Gasteiger partial charge in [-0.15, -0.1) is 0 Å². The summed E-state index contributed by atoms with van der Waals surface area (Å²) in [4.78, 5) is 0. The molecule has 0 saturated carbocycles. The van der Waals surface area contributed by atoms with Crippen molar-refractivity contribution >= 4 is 0 Å². The third-order valence-corrected chi connectivity index (χ3v) is 3.82. The van der Waals surface area contributed by atoms with Crippen LogP contribution in [0.4, 0.5) is 0 Å². The molecule has 0 amide bonds. The largest absolute Gasteiger partial charge is 0.396 e. The summed E-state index contributed by atoms with van der Waals surface area (Å²) < 4.78 is 0. The van der Waals surface area contributed by atoms with Gasteiger partial charge in [-0.1, -0.05) is 60.2 Å². The minimum absolute atomic E-state index is 0.280. The molecule has 0 bridgehead atoms. The molecule has 1 nitrogen and oxygen atoms in total. The second-order valence-corrected chi connectivity index (χ2v) is 5.62. The third-order valence-electron chi connectivity index (χ3n) is 3.82. The molecule has 0 radical (unpaired) electrons. The van der Waals surface area contributed by atoms with Crippen LogP contribution in [0.15, 0.2) is 54.6 Å². The number of aliphatic hydroxyl groups is 1. The van der Waals surface area contributed by atoms with E-state index < -0.39 is 0 Å². The smallest absolute Gasteiger partial charge is 0.0462 e. The molecule has 0 heterocycles. The van der Waals surface area contributed by atoms with Crippen LogP contribution < -0.4 is 0 Å². The molecule has 1 unspecified atom stereocenters. The van der Waals surface area contributed by atoms with Crippen molar-refractivity contribution < 1.29 is 5.11 Å². The van der Waals surface area contributed by atoms with Crippen LogP contribution in [0.3, 0.4) is 0 Å². The van der Waals surface area contributed by atoms with Gasteiger partial charge in [-0.3, -0.25) is 0 Å². The van der Waals surface area contributed by atoms with Crippen LogP contribution in [0.25, 0.3) is 0 Å². The molecule has 0 aliphatic rings. The van der Waals surface area contributed by atoms with Crippen LogP contribution in [-0.4, -0.2) is 11.7 Å². The fraction of sp³-hybridized carbons (Fsp3) is 0.368. The van der Waals surface area contributed by atoms with E-state index in [9.17, 15) is 5.11 Å². The van der Waals surface area contributed by atoms with Gasteiger partial charge in [0.05, 0.1) is 0 Å². The number of aliphatic hydroxyl groups excluding tert-OH is 1. The Bertz CT molecular complexity index is 487. The Morgan fingerprint density at radius 2 is 1.60 bits per heavy atom. The van der Waals surface area contributed by atoms with Crippen LogP contribution in [0, 0.1) is 12.8 Å². The molecule has 1 N–H and O–H groups in total. The summed E-state index contributed by atoms with van der Waals surface area (Å²) in [6, 6.07) is 19.2. The molecule has 0 spiro atoms. The normalized spacial score (nSPS) is 12.3. The Labute approximate surface area is 122 Å². The topological polar surface area (TPSA) is 20.2 Å². The van der Waals surface area contributed by atoms with Gasteiger partial charge in [0.2, 0.25) is 0 Å². The molecular weight excluding hydrogens is 244 g/mol. The molecule has 2 aromatic carbocycles. The van der Waals surface area contributed by atoms with Crippen molar-refractivity contribution in [3.05, 3.63) is 71.3 Å². The van der Waals surface area contributed by atoms with Gasteiger partial charge >= 0.3 is 0 Å². The first-order valence-electron chi connectivity index (χ1n) is 7.48. The standard InChI is InChI=1S/C19H24O/c1-16-10-12-18(13-11-16)14-19(15-20)9-5-8-17-6-3-2-4-7-17/h2-4,6-7,10-13,19-20H,5,8-9,14-15H2,1H3. The van der Waals surface area contributed by atoms with Gasteiger partial charge in [0, 0.05) is 6.61 Å². The highest BCUT2D eigenvalue weighted by Crippen LogP contribution is 2.16. The van der Waals surface area contributed by atoms with Crippen LogP contribution >= 0.6 is 0 Å². The number of benzene rings is 2. The minimum atomic E-state index is 0.280. The average Bonchev–Trinajstić information content (AvgIpc) is 2.49. The van der Waals surface area contributed by atoms with Crippen molar-refractivity contribution in [1.29, 1.82) is 0 Å². The van der Waals surface area contributed by atoms with Crippen molar-refractivity contribution in [2.45, 2.75) is 32.6 Å². The first kappa shape index (κ1) is 14.8.